The summed E-state index contributed by atoms with van der Waals surface area (Å²) in [6.07, 6.45) is 0. The molecule has 6 heteroatoms. The monoisotopic (exact) mass is 293 g/mol. The number of carbonyl (C=O) groups is 2. The lowest BCUT2D eigenvalue weighted by Gasteiger charge is -1.99. The van der Waals surface area contributed by atoms with Gasteiger partial charge in [-0.25, -0.2) is 14.2 Å². The minimum atomic E-state index is -0.642. The van der Waals surface area contributed by atoms with Crippen LogP contribution in [0.25, 0.3) is 10.6 Å². The number of benzene rings is 1. The molecule has 0 saturated heterocycles. The average Bonchev–Trinajstić information content (AvgIpc) is 2.84. The molecule has 0 fully saturated rings. The van der Waals surface area contributed by atoms with Crippen LogP contribution >= 0.6 is 11.3 Å². The first-order valence-electron chi connectivity index (χ1n) is 5.97. The van der Waals surface area contributed by atoms with Crippen LogP contribution in [0.5, 0.6) is 0 Å². The topological polar surface area (TPSA) is 56.3 Å². The molecular formula is C14H12FNO3S. The molecular weight excluding hydrogens is 281 g/mol. The van der Waals surface area contributed by atoms with Gasteiger partial charge in [-0.3, -0.25) is 4.79 Å². The minimum Gasteiger partial charge on any atom is -0.461 e. The number of hydrogen-bond acceptors (Lipinski definition) is 5. The Labute approximate surface area is 119 Å². The first kappa shape index (κ1) is 14.3. The number of thiazole rings is 1. The first-order chi connectivity index (χ1) is 9.52. The lowest BCUT2D eigenvalue weighted by Crippen LogP contribution is -2.09. The number of hydrogen-bond donors (Lipinski definition) is 0. The van der Waals surface area contributed by atoms with Gasteiger partial charge in [-0.2, -0.15) is 0 Å². The number of rotatable bonds is 4. The summed E-state index contributed by atoms with van der Waals surface area (Å²) in [7, 11) is 0. The smallest absolute Gasteiger partial charge is 0.358 e. The van der Waals surface area contributed by atoms with Crippen LogP contribution in [0.1, 0.15) is 34.0 Å². The number of nitrogens with zero attached hydrogens (tertiary/aromatic N) is 1. The Bertz CT molecular complexity index is 666. The van der Waals surface area contributed by atoms with Crippen molar-refractivity contribution in [1.29, 1.82) is 0 Å². The number of carbonyl (C=O) groups excluding carboxylic acids is 2. The van der Waals surface area contributed by atoms with Crippen molar-refractivity contribution < 1.29 is 18.7 Å². The van der Waals surface area contributed by atoms with E-state index in [2.05, 4.69) is 4.98 Å². The molecule has 0 amide bonds. The summed E-state index contributed by atoms with van der Waals surface area (Å²) in [5.41, 5.74) is 0.511. The third-order valence-electron chi connectivity index (χ3n) is 2.49. The van der Waals surface area contributed by atoms with E-state index in [1.165, 1.54) is 19.1 Å². The molecule has 0 unspecified atom stereocenters. The predicted octanol–water partition coefficient (Wildman–Crippen LogP) is 3.33. The molecule has 104 valence electrons. The van der Waals surface area contributed by atoms with Gasteiger partial charge in [0.25, 0.3) is 0 Å². The molecule has 20 heavy (non-hydrogen) atoms. The van der Waals surface area contributed by atoms with Gasteiger partial charge < -0.3 is 4.74 Å². The third kappa shape index (κ3) is 2.91. The molecule has 2 aromatic rings. The van der Waals surface area contributed by atoms with Crippen molar-refractivity contribution in [2.75, 3.05) is 6.61 Å². The lowest BCUT2D eigenvalue weighted by molar-refractivity contribution is 0.0517. The Morgan fingerprint density at radius 1 is 1.40 bits per heavy atom. The largest absolute Gasteiger partial charge is 0.461 e. The van der Waals surface area contributed by atoms with Crippen molar-refractivity contribution in [2.24, 2.45) is 0 Å². The minimum absolute atomic E-state index is 0.0105. The van der Waals surface area contributed by atoms with Crippen LogP contribution in [-0.4, -0.2) is 23.3 Å². The number of ketones is 1. The molecule has 0 radical (unpaired) electrons. The van der Waals surface area contributed by atoms with E-state index in [0.717, 1.165) is 11.3 Å². The molecule has 1 aromatic carbocycles. The summed E-state index contributed by atoms with van der Waals surface area (Å²) in [4.78, 5) is 27.7. The normalized spacial score (nSPS) is 10.3. The van der Waals surface area contributed by atoms with Crippen molar-refractivity contribution in [3.63, 3.8) is 0 Å². The van der Waals surface area contributed by atoms with Gasteiger partial charge in [0.1, 0.15) is 15.7 Å². The van der Waals surface area contributed by atoms with Crippen LogP contribution in [0, 0.1) is 5.82 Å². The van der Waals surface area contributed by atoms with Gasteiger partial charge in [-0.15, -0.1) is 11.3 Å². The average molecular weight is 293 g/mol. The van der Waals surface area contributed by atoms with E-state index >= 15 is 0 Å². The highest BCUT2D eigenvalue weighted by Crippen LogP contribution is 2.29. The second-order valence-electron chi connectivity index (χ2n) is 3.98. The predicted molar refractivity (Wildman–Crippen MR) is 73.5 cm³/mol. The van der Waals surface area contributed by atoms with Crippen molar-refractivity contribution in [2.45, 2.75) is 13.8 Å². The van der Waals surface area contributed by atoms with Crippen LogP contribution in [0.15, 0.2) is 24.3 Å². The van der Waals surface area contributed by atoms with Crippen LogP contribution in [0.4, 0.5) is 4.39 Å². The van der Waals surface area contributed by atoms with Gasteiger partial charge in [0.05, 0.1) is 6.61 Å². The van der Waals surface area contributed by atoms with Crippen LogP contribution in [0.3, 0.4) is 0 Å². The Hall–Kier alpha value is -2.08. The summed E-state index contributed by atoms with van der Waals surface area (Å²) < 4.78 is 18.1. The number of ether oxygens (including phenoxy) is 1. The van der Waals surface area contributed by atoms with Gasteiger partial charge in [0.2, 0.25) is 0 Å². The zero-order chi connectivity index (χ0) is 14.7. The third-order valence-corrected chi connectivity index (χ3v) is 3.69. The van der Waals surface area contributed by atoms with Gasteiger partial charge in [0.15, 0.2) is 11.5 Å². The van der Waals surface area contributed by atoms with Crippen LogP contribution in [0.2, 0.25) is 0 Å². The maximum Gasteiger partial charge on any atom is 0.358 e. The summed E-state index contributed by atoms with van der Waals surface area (Å²) in [6.45, 7) is 3.22. The number of Topliss-reactive ketones (excluding diaryl/α,β-unsaturated/α-hetero) is 1. The van der Waals surface area contributed by atoms with Crippen molar-refractivity contribution >= 4 is 23.1 Å². The fraction of sp³-hybridized carbons (Fsp3) is 0.214. The summed E-state index contributed by atoms with van der Waals surface area (Å²) in [5.74, 6) is -1.32. The van der Waals surface area contributed by atoms with Crippen molar-refractivity contribution in [3.05, 3.63) is 40.7 Å². The molecule has 1 aromatic heterocycles. The van der Waals surface area contributed by atoms with Crippen molar-refractivity contribution in [1.82, 2.24) is 4.98 Å². The summed E-state index contributed by atoms with van der Waals surface area (Å²) in [6, 6.07) is 5.83. The molecule has 2 rings (SSSR count). The van der Waals surface area contributed by atoms with E-state index < -0.39 is 11.8 Å². The molecule has 0 atom stereocenters. The van der Waals surface area contributed by atoms with Gasteiger partial charge >= 0.3 is 5.97 Å². The molecule has 0 aliphatic rings. The van der Waals surface area contributed by atoms with E-state index in [1.807, 2.05) is 0 Å². The second-order valence-corrected chi connectivity index (χ2v) is 4.98. The SMILES string of the molecule is CCOC(=O)c1nc(-c2cccc(F)c2)sc1C(C)=O. The van der Waals surface area contributed by atoms with E-state index in [9.17, 15) is 14.0 Å². The van der Waals surface area contributed by atoms with Gasteiger partial charge in [-0.05, 0) is 19.1 Å². The number of aromatic nitrogens is 1. The fourth-order valence-electron chi connectivity index (χ4n) is 1.64. The highest BCUT2D eigenvalue weighted by atomic mass is 32.1. The Kier molecular flexibility index (Phi) is 4.24. The van der Waals surface area contributed by atoms with E-state index in [1.54, 1.807) is 19.1 Å². The molecule has 4 nitrogen and oxygen atoms in total. The van der Waals surface area contributed by atoms with Gasteiger partial charge in [0, 0.05) is 12.5 Å². The quantitative estimate of drug-likeness (QED) is 0.641. The number of esters is 1. The molecule has 0 N–H and O–H groups in total. The number of halogens is 1. The van der Waals surface area contributed by atoms with E-state index in [-0.39, 0.29) is 23.0 Å². The maximum absolute atomic E-state index is 13.2. The highest BCUT2D eigenvalue weighted by molar-refractivity contribution is 7.17. The second kappa shape index (κ2) is 5.92. The highest BCUT2D eigenvalue weighted by Gasteiger charge is 2.22. The Balaban J connectivity index is 2.49. The van der Waals surface area contributed by atoms with E-state index in [0.29, 0.717) is 10.6 Å². The lowest BCUT2D eigenvalue weighted by atomic mass is 10.2. The molecule has 0 bridgehead atoms. The molecule has 0 aliphatic heterocycles. The zero-order valence-electron chi connectivity index (χ0n) is 11.0. The molecule has 0 saturated carbocycles. The van der Waals surface area contributed by atoms with Gasteiger partial charge in [-0.1, -0.05) is 12.1 Å². The zero-order valence-corrected chi connectivity index (χ0v) is 11.8. The Morgan fingerprint density at radius 3 is 2.75 bits per heavy atom. The molecule has 1 heterocycles. The standard InChI is InChI=1S/C14H12FNO3S/c1-3-19-14(18)11-12(8(2)17)20-13(16-11)9-5-4-6-10(15)7-9/h4-7H,3H2,1-2H3. The maximum atomic E-state index is 13.2. The van der Waals surface area contributed by atoms with E-state index in [4.69, 9.17) is 4.74 Å². The van der Waals surface area contributed by atoms with Crippen LogP contribution < -0.4 is 0 Å². The van der Waals surface area contributed by atoms with Crippen LogP contribution in [-0.2, 0) is 4.74 Å². The first-order valence-corrected chi connectivity index (χ1v) is 6.79. The molecule has 0 aliphatic carbocycles. The summed E-state index contributed by atoms with van der Waals surface area (Å²) >= 11 is 1.06. The fourth-order valence-corrected chi connectivity index (χ4v) is 2.59. The summed E-state index contributed by atoms with van der Waals surface area (Å²) in [5, 5.41) is 0.415. The molecule has 0 spiro atoms. The van der Waals surface area contributed by atoms with Crippen molar-refractivity contribution in [3.8, 4) is 10.6 Å². The Morgan fingerprint density at radius 2 is 2.15 bits per heavy atom.